The summed E-state index contributed by atoms with van der Waals surface area (Å²) in [4.78, 5) is 55.3. The first-order valence-corrected chi connectivity index (χ1v) is 13.4. The van der Waals surface area contributed by atoms with Gasteiger partial charge in [-0.3, -0.25) is 24.6 Å². The molecular weight excluding hydrogens is 560 g/mol. The Morgan fingerprint density at radius 3 is 2.30 bits per heavy atom. The van der Waals surface area contributed by atoms with Gasteiger partial charge in [0.1, 0.15) is 22.8 Å². The van der Waals surface area contributed by atoms with Crippen LogP contribution in [-0.4, -0.2) is 88.7 Å². The highest BCUT2D eigenvalue weighted by atomic mass is 16.6. The predicted octanol–water partition coefficient (Wildman–Crippen LogP) is 1.64. The van der Waals surface area contributed by atoms with Crippen LogP contribution in [0.1, 0.15) is 17.5 Å². The van der Waals surface area contributed by atoms with Crippen LogP contribution < -0.4 is 20.7 Å². The van der Waals surface area contributed by atoms with Crippen molar-refractivity contribution in [1.29, 1.82) is 0 Å². The van der Waals surface area contributed by atoms with E-state index in [0.29, 0.717) is 11.3 Å². The number of para-hydroxylation sites is 1. The molecule has 0 aromatic heterocycles. The van der Waals surface area contributed by atoms with Gasteiger partial charge in [0.2, 0.25) is 5.78 Å². The lowest BCUT2D eigenvalue weighted by Crippen LogP contribution is -2.65. The Balaban J connectivity index is 1.65. The molecule has 7 N–H and O–H groups in total. The molecule has 3 aliphatic carbocycles. The Labute approximate surface area is 246 Å². The van der Waals surface area contributed by atoms with Crippen LogP contribution in [0.4, 0.5) is 16.2 Å². The van der Waals surface area contributed by atoms with Crippen molar-refractivity contribution in [1.82, 2.24) is 4.90 Å². The van der Waals surface area contributed by atoms with Gasteiger partial charge in [-0.1, -0.05) is 18.2 Å². The molecule has 13 heteroatoms. The third kappa shape index (κ3) is 4.48. The van der Waals surface area contributed by atoms with Gasteiger partial charge in [0.15, 0.2) is 17.1 Å². The number of benzene rings is 2. The van der Waals surface area contributed by atoms with Gasteiger partial charge in [-0.25, -0.2) is 4.79 Å². The molecule has 0 aliphatic heterocycles. The maximum Gasteiger partial charge on any atom is 0.417 e. The van der Waals surface area contributed by atoms with Gasteiger partial charge >= 0.3 is 6.09 Å². The fraction of sp³-hybridized carbons (Fsp3) is 0.333. The van der Waals surface area contributed by atoms with Crippen molar-refractivity contribution in [2.45, 2.75) is 24.5 Å². The van der Waals surface area contributed by atoms with Crippen molar-refractivity contribution in [3.05, 3.63) is 64.4 Å². The normalized spacial score (nSPS) is 24.7. The number of hydrogen-bond donors (Lipinski definition) is 6. The SMILES string of the molecule is CN(C)c1cc(NC(=O)Oc2ccccc2)c(O)c2c1CC1CC3C(N(C)C)C(=O)C(C(N)=O)=C(O)C3(O)C(=O)C1=C2O. The summed E-state index contributed by atoms with van der Waals surface area (Å²) in [6, 6.07) is 8.54. The smallest absolute Gasteiger partial charge is 0.417 e. The standard InChI is InChI=1S/C30H32N4O9/c1-33(2)18-12-17(32-29(41)43-14-8-6-5-7-9-14)23(35)20-15(18)10-13-11-16-22(34(3)4)25(37)21(28(31)40)27(39)30(16,42)26(38)19(13)24(20)36/h5-9,12-13,16,22,35-36,39,42H,10-11H2,1-4H3,(H2,31,40)(H,32,41). The summed E-state index contributed by atoms with van der Waals surface area (Å²) in [6.07, 6.45) is -0.860. The number of primary amides is 1. The summed E-state index contributed by atoms with van der Waals surface area (Å²) in [7, 11) is 6.51. The van der Waals surface area contributed by atoms with Crippen LogP contribution in [0.2, 0.25) is 0 Å². The molecule has 5 rings (SSSR count). The second-order valence-electron chi connectivity index (χ2n) is 11.3. The van der Waals surface area contributed by atoms with E-state index in [1.54, 1.807) is 49.3 Å². The van der Waals surface area contributed by atoms with Crippen LogP contribution in [0, 0.1) is 11.8 Å². The Morgan fingerprint density at radius 2 is 1.72 bits per heavy atom. The maximum atomic E-state index is 14.1. The summed E-state index contributed by atoms with van der Waals surface area (Å²) >= 11 is 0. The first kappa shape index (κ1) is 29.6. The van der Waals surface area contributed by atoms with Crippen LogP contribution in [0.25, 0.3) is 5.76 Å². The number of aliphatic hydroxyl groups is 3. The largest absolute Gasteiger partial charge is 0.508 e. The minimum absolute atomic E-state index is 0.0389. The molecular formula is C30H32N4O9. The molecule has 1 saturated carbocycles. The van der Waals surface area contributed by atoms with Gasteiger partial charge in [-0.2, -0.15) is 0 Å². The van der Waals surface area contributed by atoms with E-state index >= 15 is 0 Å². The van der Waals surface area contributed by atoms with E-state index in [-0.39, 0.29) is 35.4 Å². The maximum absolute atomic E-state index is 14.1. The summed E-state index contributed by atoms with van der Waals surface area (Å²) in [5.41, 5.74) is 2.12. The van der Waals surface area contributed by atoms with Gasteiger partial charge in [0, 0.05) is 31.3 Å². The number of ether oxygens (including phenoxy) is 1. The van der Waals surface area contributed by atoms with E-state index in [9.17, 15) is 39.6 Å². The number of phenols is 1. The number of nitrogens with two attached hydrogens (primary N) is 1. The minimum Gasteiger partial charge on any atom is -0.508 e. The number of ketones is 2. The molecule has 2 aromatic rings. The van der Waals surface area contributed by atoms with Gasteiger partial charge in [0.05, 0.1) is 17.3 Å². The lowest BCUT2D eigenvalue weighted by atomic mass is 9.57. The summed E-state index contributed by atoms with van der Waals surface area (Å²) in [5.74, 6) is -7.32. The monoisotopic (exact) mass is 592 g/mol. The number of fused-ring (bicyclic) bond motifs is 3. The number of nitrogens with zero attached hydrogens (tertiary/aromatic N) is 2. The molecule has 2 aromatic carbocycles. The van der Waals surface area contributed by atoms with Gasteiger partial charge in [0.25, 0.3) is 5.91 Å². The third-order valence-corrected chi connectivity index (χ3v) is 8.37. The number of phenolic OH excluding ortho intramolecular Hbond substituents is 1. The molecule has 4 unspecified atom stereocenters. The topological polar surface area (TPSA) is 203 Å². The summed E-state index contributed by atoms with van der Waals surface area (Å²) < 4.78 is 5.26. The zero-order valence-electron chi connectivity index (χ0n) is 23.9. The molecule has 0 heterocycles. The molecule has 0 spiro atoms. The molecule has 0 saturated heterocycles. The van der Waals surface area contributed by atoms with Crippen LogP contribution >= 0.6 is 0 Å². The van der Waals surface area contributed by atoms with Crippen molar-refractivity contribution in [3.8, 4) is 11.5 Å². The Morgan fingerprint density at radius 1 is 1.07 bits per heavy atom. The highest BCUT2D eigenvalue weighted by Crippen LogP contribution is 2.54. The predicted molar refractivity (Wildman–Crippen MR) is 155 cm³/mol. The highest BCUT2D eigenvalue weighted by molar-refractivity contribution is 6.24. The molecule has 4 atom stereocenters. The molecule has 0 radical (unpaired) electrons. The van der Waals surface area contributed by atoms with Gasteiger partial charge < -0.3 is 35.8 Å². The van der Waals surface area contributed by atoms with Crippen LogP contribution in [0.3, 0.4) is 0 Å². The lowest BCUT2D eigenvalue weighted by molar-refractivity contribution is -0.153. The first-order chi connectivity index (χ1) is 20.2. The Kier molecular flexibility index (Phi) is 7.19. The number of nitrogens with one attached hydrogen (secondary N) is 1. The van der Waals surface area contributed by atoms with Crippen LogP contribution in [0.15, 0.2) is 53.3 Å². The number of carbonyl (C=O) groups is 4. The first-order valence-electron chi connectivity index (χ1n) is 13.4. The number of Topliss-reactive ketones (excluding diaryl/α,β-unsaturated/α-hetero) is 2. The molecule has 0 bridgehead atoms. The van der Waals surface area contributed by atoms with Crippen LogP contribution in [0.5, 0.6) is 11.5 Å². The second-order valence-corrected chi connectivity index (χ2v) is 11.3. The summed E-state index contributed by atoms with van der Waals surface area (Å²) in [6.45, 7) is 0. The van der Waals surface area contributed by atoms with Crippen LogP contribution in [-0.2, 0) is 20.8 Å². The number of aromatic hydroxyl groups is 1. The number of aliphatic hydroxyl groups excluding tert-OH is 2. The molecule has 3 aliphatic rings. The van der Waals surface area contributed by atoms with E-state index in [0.717, 1.165) is 0 Å². The number of hydrogen-bond acceptors (Lipinski definition) is 11. The number of amides is 2. The lowest BCUT2D eigenvalue weighted by Gasteiger charge is -2.50. The van der Waals surface area contributed by atoms with Crippen molar-refractivity contribution in [2.24, 2.45) is 17.6 Å². The average molecular weight is 593 g/mol. The van der Waals surface area contributed by atoms with E-state index in [4.69, 9.17) is 10.5 Å². The van der Waals surface area contributed by atoms with Gasteiger partial charge in [-0.05, 0) is 56.6 Å². The fourth-order valence-electron chi connectivity index (χ4n) is 6.52. The van der Waals surface area contributed by atoms with E-state index in [1.165, 1.54) is 25.1 Å². The Hall–Kier alpha value is -4.88. The summed E-state index contributed by atoms with van der Waals surface area (Å²) in [5, 5.41) is 48.1. The minimum atomic E-state index is -2.75. The zero-order valence-corrected chi connectivity index (χ0v) is 23.9. The average Bonchev–Trinajstić information content (AvgIpc) is 2.92. The number of anilines is 2. The van der Waals surface area contributed by atoms with E-state index in [1.807, 2.05) is 0 Å². The number of likely N-dealkylation sites (N-methyl/N-ethyl adjacent to an activating group) is 1. The van der Waals surface area contributed by atoms with Crippen molar-refractivity contribution in [3.63, 3.8) is 0 Å². The fourth-order valence-corrected chi connectivity index (χ4v) is 6.52. The molecule has 13 nitrogen and oxygen atoms in total. The van der Waals surface area contributed by atoms with Crippen molar-refractivity contribution >= 4 is 40.7 Å². The quantitative estimate of drug-likeness (QED) is 0.218. The van der Waals surface area contributed by atoms with Crippen molar-refractivity contribution < 1.29 is 44.3 Å². The number of carbonyl (C=O) groups excluding carboxylic acids is 4. The van der Waals surface area contributed by atoms with E-state index in [2.05, 4.69) is 5.32 Å². The molecule has 2 amide bonds. The zero-order chi connectivity index (χ0) is 31.5. The Bertz CT molecular complexity index is 1630. The van der Waals surface area contributed by atoms with E-state index < -0.39 is 69.9 Å². The third-order valence-electron chi connectivity index (χ3n) is 8.37. The van der Waals surface area contributed by atoms with Crippen molar-refractivity contribution in [2.75, 3.05) is 38.4 Å². The molecule has 226 valence electrons. The highest BCUT2D eigenvalue weighted by Gasteiger charge is 2.64. The number of rotatable bonds is 5. The molecule has 43 heavy (non-hydrogen) atoms. The molecule has 1 fully saturated rings. The second kappa shape index (κ2) is 10.4. The van der Waals surface area contributed by atoms with Gasteiger partial charge in [-0.15, -0.1) is 0 Å².